The van der Waals surface area contributed by atoms with Gasteiger partial charge in [-0.15, -0.1) is 0 Å². The average Bonchev–Trinajstić information content (AvgIpc) is 2.62. The number of rotatable bonds is 8. The van der Waals surface area contributed by atoms with Gasteiger partial charge in [-0.05, 0) is 56.5 Å². The summed E-state index contributed by atoms with van der Waals surface area (Å²) in [5.41, 5.74) is 3.63. The van der Waals surface area contributed by atoms with Crippen LogP contribution < -0.4 is 9.80 Å². The van der Waals surface area contributed by atoms with Crippen molar-refractivity contribution >= 4 is 17.3 Å². The molecule has 0 unspecified atom stereocenters. The van der Waals surface area contributed by atoms with Crippen LogP contribution in [0.15, 0.2) is 42.6 Å². The molecule has 1 aromatic heterocycles. The van der Waals surface area contributed by atoms with E-state index in [-0.39, 0.29) is 5.91 Å². The van der Waals surface area contributed by atoms with Crippen LogP contribution in [0.4, 0.5) is 11.4 Å². The van der Waals surface area contributed by atoms with Crippen molar-refractivity contribution in [3.63, 3.8) is 0 Å². The summed E-state index contributed by atoms with van der Waals surface area (Å²) in [6.07, 6.45) is 3.90. The lowest BCUT2D eigenvalue weighted by Gasteiger charge is -2.25. The fourth-order valence-corrected chi connectivity index (χ4v) is 3.02. The first kappa shape index (κ1) is 19.0. The lowest BCUT2D eigenvalue weighted by atomic mass is 10.2. The Labute approximate surface area is 151 Å². The fourth-order valence-electron chi connectivity index (χ4n) is 3.02. The van der Waals surface area contributed by atoms with E-state index in [1.165, 1.54) is 0 Å². The largest absolute Gasteiger partial charge is 0.371 e. The SMILES string of the molecule is CCCN(CCC)c1ccnc(C(=O)N(CC)c2cccc(C)c2)c1. The number of aromatic nitrogens is 1. The molecule has 2 aromatic rings. The van der Waals surface area contributed by atoms with Gasteiger partial charge in [-0.2, -0.15) is 0 Å². The van der Waals surface area contributed by atoms with Crippen molar-refractivity contribution in [2.24, 2.45) is 0 Å². The van der Waals surface area contributed by atoms with E-state index < -0.39 is 0 Å². The van der Waals surface area contributed by atoms with E-state index in [0.29, 0.717) is 12.2 Å². The molecule has 1 amide bonds. The van der Waals surface area contributed by atoms with Crippen molar-refractivity contribution in [2.75, 3.05) is 29.4 Å². The Kier molecular flexibility index (Phi) is 6.99. The number of carbonyl (C=O) groups excluding carboxylic acids is 1. The summed E-state index contributed by atoms with van der Waals surface area (Å²) in [6, 6.07) is 11.9. The number of benzene rings is 1. The van der Waals surface area contributed by atoms with E-state index in [9.17, 15) is 4.79 Å². The molecule has 0 N–H and O–H groups in total. The highest BCUT2D eigenvalue weighted by Gasteiger charge is 2.18. The molecule has 4 nitrogen and oxygen atoms in total. The van der Waals surface area contributed by atoms with Crippen molar-refractivity contribution < 1.29 is 4.79 Å². The molecule has 0 atom stereocenters. The number of amides is 1. The highest BCUT2D eigenvalue weighted by Crippen LogP contribution is 2.21. The predicted octanol–water partition coefficient (Wildman–Crippen LogP) is 4.68. The smallest absolute Gasteiger partial charge is 0.276 e. The number of aryl methyl sites for hydroxylation is 1. The summed E-state index contributed by atoms with van der Waals surface area (Å²) in [5.74, 6) is -0.0529. The van der Waals surface area contributed by atoms with Crippen molar-refractivity contribution in [1.82, 2.24) is 4.98 Å². The van der Waals surface area contributed by atoms with E-state index in [1.54, 1.807) is 11.1 Å². The summed E-state index contributed by atoms with van der Waals surface area (Å²) in [6.45, 7) is 11.0. The number of hydrogen-bond acceptors (Lipinski definition) is 3. The first-order valence-corrected chi connectivity index (χ1v) is 9.20. The number of anilines is 2. The second-order valence-corrected chi connectivity index (χ2v) is 6.27. The highest BCUT2D eigenvalue weighted by atomic mass is 16.2. The zero-order valence-electron chi connectivity index (χ0n) is 15.8. The minimum atomic E-state index is -0.0529. The minimum Gasteiger partial charge on any atom is -0.371 e. The summed E-state index contributed by atoms with van der Waals surface area (Å²) in [4.78, 5) is 21.5. The Morgan fingerprint density at radius 1 is 1.00 bits per heavy atom. The van der Waals surface area contributed by atoms with Crippen molar-refractivity contribution in [3.05, 3.63) is 53.9 Å². The molecule has 0 spiro atoms. The lowest BCUT2D eigenvalue weighted by Crippen LogP contribution is -2.32. The van der Waals surface area contributed by atoms with E-state index in [0.717, 1.165) is 42.9 Å². The molecule has 0 aliphatic carbocycles. The second kappa shape index (κ2) is 9.21. The fraction of sp³-hybridized carbons (Fsp3) is 0.429. The normalized spacial score (nSPS) is 10.6. The Balaban J connectivity index is 2.30. The Bertz CT molecular complexity index is 693. The Morgan fingerprint density at radius 3 is 2.32 bits per heavy atom. The van der Waals surface area contributed by atoms with E-state index >= 15 is 0 Å². The van der Waals surface area contributed by atoms with Crippen LogP contribution in [0.25, 0.3) is 0 Å². The van der Waals surface area contributed by atoms with Crippen molar-refractivity contribution in [2.45, 2.75) is 40.5 Å². The third kappa shape index (κ3) is 4.81. The molecule has 25 heavy (non-hydrogen) atoms. The number of carbonyl (C=O) groups is 1. The van der Waals surface area contributed by atoms with Crippen LogP contribution >= 0.6 is 0 Å². The lowest BCUT2D eigenvalue weighted by molar-refractivity contribution is 0.0983. The van der Waals surface area contributed by atoms with Gasteiger partial charge in [-0.25, -0.2) is 0 Å². The molecule has 0 fully saturated rings. The minimum absolute atomic E-state index is 0.0529. The topological polar surface area (TPSA) is 36.4 Å². The monoisotopic (exact) mass is 339 g/mol. The van der Waals surface area contributed by atoms with Crippen molar-refractivity contribution in [1.29, 1.82) is 0 Å². The van der Waals surface area contributed by atoms with Gasteiger partial charge in [0.25, 0.3) is 5.91 Å². The maximum atomic E-state index is 13.0. The van der Waals surface area contributed by atoms with Crippen LogP contribution in [-0.4, -0.2) is 30.5 Å². The Morgan fingerprint density at radius 2 is 1.72 bits per heavy atom. The molecule has 2 rings (SSSR count). The molecule has 0 aliphatic rings. The number of pyridine rings is 1. The first-order chi connectivity index (χ1) is 12.1. The van der Waals surface area contributed by atoms with Gasteiger partial charge in [0.1, 0.15) is 5.69 Å². The van der Waals surface area contributed by atoms with Gasteiger partial charge in [-0.3, -0.25) is 9.78 Å². The third-order valence-electron chi connectivity index (χ3n) is 4.19. The van der Waals surface area contributed by atoms with Crippen LogP contribution in [0, 0.1) is 6.92 Å². The van der Waals surface area contributed by atoms with Crippen LogP contribution in [0.5, 0.6) is 0 Å². The Hall–Kier alpha value is -2.36. The van der Waals surface area contributed by atoms with Gasteiger partial charge >= 0.3 is 0 Å². The molecule has 1 heterocycles. The molecule has 0 bridgehead atoms. The predicted molar refractivity (Wildman–Crippen MR) is 106 cm³/mol. The highest BCUT2D eigenvalue weighted by molar-refractivity contribution is 6.05. The summed E-state index contributed by atoms with van der Waals surface area (Å²) in [5, 5.41) is 0. The second-order valence-electron chi connectivity index (χ2n) is 6.27. The van der Waals surface area contributed by atoms with Gasteiger partial charge in [0.2, 0.25) is 0 Å². The van der Waals surface area contributed by atoms with E-state index in [4.69, 9.17) is 0 Å². The van der Waals surface area contributed by atoms with Gasteiger partial charge in [0.15, 0.2) is 0 Å². The molecular weight excluding hydrogens is 310 g/mol. The molecule has 134 valence electrons. The van der Waals surface area contributed by atoms with Crippen molar-refractivity contribution in [3.8, 4) is 0 Å². The van der Waals surface area contributed by atoms with Gasteiger partial charge in [-0.1, -0.05) is 26.0 Å². The summed E-state index contributed by atoms with van der Waals surface area (Å²) >= 11 is 0. The van der Waals surface area contributed by atoms with Crippen LogP contribution in [-0.2, 0) is 0 Å². The van der Waals surface area contributed by atoms with Gasteiger partial charge < -0.3 is 9.80 Å². The number of nitrogens with zero attached hydrogens (tertiary/aromatic N) is 3. The standard InChI is InChI=1S/C21H29N3O/c1-5-13-23(14-6-2)18-11-12-22-20(16-18)21(25)24(7-3)19-10-8-9-17(4)15-19/h8-12,15-16H,5-7,13-14H2,1-4H3. The zero-order valence-corrected chi connectivity index (χ0v) is 15.8. The molecule has 0 saturated carbocycles. The quantitative estimate of drug-likeness (QED) is 0.700. The number of hydrogen-bond donors (Lipinski definition) is 0. The summed E-state index contributed by atoms with van der Waals surface area (Å²) < 4.78 is 0. The zero-order chi connectivity index (χ0) is 18.2. The first-order valence-electron chi connectivity index (χ1n) is 9.20. The molecule has 0 saturated heterocycles. The molecular formula is C21H29N3O. The summed E-state index contributed by atoms with van der Waals surface area (Å²) in [7, 11) is 0. The molecule has 1 aromatic carbocycles. The van der Waals surface area contributed by atoms with E-state index in [2.05, 4.69) is 23.7 Å². The van der Waals surface area contributed by atoms with E-state index in [1.807, 2.05) is 50.2 Å². The van der Waals surface area contributed by atoms with Crippen LogP contribution in [0.3, 0.4) is 0 Å². The maximum absolute atomic E-state index is 13.0. The van der Waals surface area contributed by atoms with Crippen LogP contribution in [0.2, 0.25) is 0 Å². The van der Waals surface area contributed by atoms with Gasteiger partial charge in [0, 0.05) is 37.2 Å². The third-order valence-corrected chi connectivity index (χ3v) is 4.19. The molecule has 4 heteroatoms. The maximum Gasteiger partial charge on any atom is 0.276 e. The van der Waals surface area contributed by atoms with Gasteiger partial charge in [0.05, 0.1) is 0 Å². The van der Waals surface area contributed by atoms with Crippen LogP contribution in [0.1, 0.15) is 49.7 Å². The molecule has 0 radical (unpaired) electrons. The molecule has 0 aliphatic heterocycles. The average molecular weight is 339 g/mol.